The molecular formula is C32H31F3N2O2S. The lowest BCUT2D eigenvalue weighted by molar-refractivity contribution is 0.377. The van der Waals surface area contributed by atoms with Gasteiger partial charge in [0, 0.05) is 35.4 Å². The van der Waals surface area contributed by atoms with Crippen molar-refractivity contribution in [2.24, 2.45) is 0 Å². The smallest absolute Gasteiger partial charge is 0.260 e. The van der Waals surface area contributed by atoms with Crippen molar-refractivity contribution >= 4 is 11.8 Å². The largest absolute Gasteiger partial charge is 0.494 e. The minimum Gasteiger partial charge on any atom is -0.494 e. The van der Waals surface area contributed by atoms with Gasteiger partial charge in [0.2, 0.25) is 0 Å². The van der Waals surface area contributed by atoms with Crippen LogP contribution in [0.15, 0.2) is 76.6 Å². The number of thioether (sulfide) groups is 1. The van der Waals surface area contributed by atoms with E-state index < -0.39 is 22.2 Å². The summed E-state index contributed by atoms with van der Waals surface area (Å²) < 4.78 is 51.7. The first-order chi connectivity index (χ1) is 19.1. The van der Waals surface area contributed by atoms with Gasteiger partial charge in [-0.15, -0.1) is 0 Å². The standard InChI is InChI=1S/C32H31F3N2O2S/c1-19-22(16-23-24(33)13-9-14-25(23)34)31-37(30(38)28(19)21-12-8-15-26(39-4)29(21)35)27(32(2,3)40-31)18-36-17-20-10-6-5-7-11-20/h5-15,27,36H,16-18H2,1-4H3. The van der Waals surface area contributed by atoms with Crippen LogP contribution in [0.1, 0.15) is 42.1 Å². The molecule has 2 heterocycles. The van der Waals surface area contributed by atoms with Crippen molar-refractivity contribution in [2.75, 3.05) is 13.7 Å². The van der Waals surface area contributed by atoms with Crippen LogP contribution in [0.5, 0.6) is 5.75 Å². The molecule has 1 aromatic heterocycles. The SMILES string of the molecule is COc1cccc(-c2c(C)c(Cc3c(F)cccc3F)c3n(c2=O)C(CNCc2ccccc2)C(C)(C)S3)c1F. The molecule has 0 saturated carbocycles. The lowest BCUT2D eigenvalue weighted by Crippen LogP contribution is -2.39. The summed E-state index contributed by atoms with van der Waals surface area (Å²) in [5, 5.41) is 4.12. The van der Waals surface area contributed by atoms with E-state index >= 15 is 4.39 Å². The average molecular weight is 565 g/mol. The number of nitrogens with one attached hydrogen (secondary N) is 1. The second kappa shape index (κ2) is 11.2. The lowest BCUT2D eigenvalue weighted by Gasteiger charge is -2.27. The summed E-state index contributed by atoms with van der Waals surface area (Å²) in [6.07, 6.45) is -0.0776. The van der Waals surface area contributed by atoms with Crippen LogP contribution < -0.4 is 15.6 Å². The van der Waals surface area contributed by atoms with Gasteiger partial charge in [0.25, 0.3) is 5.56 Å². The van der Waals surface area contributed by atoms with Crippen LogP contribution in [-0.4, -0.2) is 23.0 Å². The van der Waals surface area contributed by atoms with E-state index in [4.69, 9.17) is 4.74 Å². The van der Waals surface area contributed by atoms with Gasteiger partial charge in [0.05, 0.1) is 23.7 Å². The molecule has 1 aliphatic heterocycles. The molecule has 40 heavy (non-hydrogen) atoms. The number of nitrogens with zero attached hydrogens (tertiary/aromatic N) is 1. The fraction of sp³-hybridized carbons (Fsp3) is 0.281. The van der Waals surface area contributed by atoms with E-state index in [1.165, 1.54) is 49.2 Å². The molecule has 4 aromatic rings. The molecule has 0 spiro atoms. The van der Waals surface area contributed by atoms with Crippen molar-refractivity contribution in [1.82, 2.24) is 9.88 Å². The maximum absolute atomic E-state index is 15.6. The second-order valence-corrected chi connectivity index (χ2v) is 12.1. The molecule has 0 bridgehead atoms. The van der Waals surface area contributed by atoms with Crippen molar-refractivity contribution < 1.29 is 17.9 Å². The average Bonchev–Trinajstić information content (AvgIpc) is 3.19. The summed E-state index contributed by atoms with van der Waals surface area (Å²) >= 11 is 1.51. The minimum atomic E-state index is -0.665. The van der Waals surface area contributed by atoms with Gasteiger partial charge in [-0.2, -0.15) is 0 Å². The van der Waals surface area contributed by atoms with Gasteiger partial charge in [0.1, 0.15) is 11.6 Å². The molecule has 208 valence electrons. The molecule has 5 rings (SSSR count). The fourth-order valence-electron chi connectivity index (χ4n) is 5.40. The van der Waals surface area contributed by atoms with Crippen molar-refractivity contribution in [3.63, 3.8) is 0 Å². The number of fused-ring (bicyclic) bond motifs is 1. The van der Waals surface area contributed by atoms with Gasteiger partial charge in [-0.25, -0.2) is 13.2 Å². The molecule has 8 heteroatoms. The molecule has 0 saturated heterocycles. The van der Waals surface area contributed by atoms with Crippen LogP contribution in [0.3, 0.4) is 0 Å². The molecule has 0 fully saturated rings. The molecule has 3 aromatic carbocycles. The highest BCUT2D eigenvalue weighted by atomic mass is 32.2. The Balaban J connectivity index is 1.69. The summed E-state index contributed by atoms with van der Waals surface area (Å²) in [6, 6.07) is 18.1. The molecule has 0 radical (unpaired) electrons. The molecule has 0 amide bonds. The highest BCUT2D eigenvalue weighted by Gasteiger charge is 2.43. The summed E-state index contributed by atoms with van der Waals surface area (Å²) in [5.74, 6) is -1.97. The van der Waals surface area contributed by atoms with E-state index in [0.29, 0.717) is 29.2 Å². The first-order valence-electron chi connectivity index (χ1n) is 13.1. The predicted molar refractivity (Wildman–Crippen MR) is 154 cm³/mol. The number of aromatic nitrogens is 1. The van der Waals surface area contributed by atoms with E-state index in [1.807, 2.05) is 44.2 Å². The van der Waals surface area contributed by atoms with Gasteiger partial charge in [-0.05, 0) is 55.7 Å². The number of rotatable bonds is 8. The lowest BCUT2D eigenvalue weighted by atomic mass is 9.93. The molecule has 0 aliphatic carbocycles. The number of halogens is 3. The Morgan fingerprint density at radius 2 is 1.62 bits per heavy atom. The van der Waals surface area contributed by atoms with Crippen molar-refractivity contribution in [2.45, 2.75) is 49.6 Å². The number of methoxy groups -OCH3 is 1. The number of pyridine rings is 1. The highest BCUT2D eigenvalue weighted by Crippen LogP contribution is 2.50. The van der Waals surface area contributed by atoms with Gasteiger partial charge in [0.15, 0.2) is 11.6 Å². The maximum Gasteiger partial charge on any atom is 0.260 e. The van der Waals surface area contributed by atoms with Crippen LogP contribution in [-0.2, 0) is 13.0 Å². The number of benzene rings is 3. The Bertz CT molecular complexity index is 1600. The van der Waals surface area contributed by atoms with Crippen LogP contribution in [0.2, 0.25) is 0 Å². The Morgan fingerprint density at radius 3 is 2.30 bits per heavy atom. The van der Waals surface area contributed by atoms with Gasteiger partial charge in [-0.3, -0.25) is 9.36 Å². The van der Waals surface area contributed by atoms with Gasteiger partial charge >= 0.3 is 0 Å². The van der Waals surface area contributed by atoms with Crippen molar-refractivity contribution in [3.05, 3.63) is 117 Å². The fourth-order valence-corrected chi connectivity index (χ4v) is 6.88. The first-order valence-corrected chi connectivity index (χ1v) is 13.9. The van der Waals surface area contributed by atoms with E-state index in [2.05, 4.69) is 5.32 Å². The third-order valence-electron chi connectivity index (χ3n) is 7.59. The Morgan fingerprint density at radius 1 is 0.950 bits per heavy atom. The summed E-state index contributed by atoms with van der Waals surface area (Å²) in [6.45, 7) is 6.90. The number of hydrogen-bond donors (Lipinski definition) is 1. The minimum absolute atomic E-state index is 0.0132. The van der Waals surface area contributed by atoms with Crippen molar-refractivity contribution in [3.8, 4) is 16.9 Å². The summed E-state index contributed by atoms with van der Waals surface area (Å²) in [7, 11) is 1.37. The monoisotopic (exact) mass is 564 g/mol. The van der Waals surface area contributed by atoms with Crippen molar-refractivity contribution in [1.29, 1.82) is 0 Å². The Kier molecular flexibility index (Phi) is 7.84. The van der Waals surface area contributed by atoms with Gasteiger partial charge in [-0.1, -0.05) is 60.3 Å². The Labute approximate surface area is 236 Å². The second-order valence-electron chi connectivity index (χ2n) is 10.5. The van der Waals surface area contributed by atoms with E-state index in [-0.39, 0.29) is 40.5 Å². The zero-order valence-electron chi connectivity index (χ0n) is 22.9. The summed E-state index contributed by atoms with van der Waals surface area (Å²) in [5.41, 5.74) is 2.03. The number of hydrogen-bond acceptors (Lipinski definition) is 4. The third kappa shape index (κ3) is 5.06. The molecule has 1 unspecified atom stereocenters. The Hall–Kier alpha value is -3.49. The predicted octanol–water partition coefficient (Wildman–Crippen LogP) is 7.06. The quantitative estimate of drug-likeness (QED) is 0.249. The zero-order chi connectivity index (χ0) is 28.6. The normalized spacial score (nSPS) is 15.7. The first kappa shape index (κ1) is 28.1. The molecule has 1 atom stereocenters. The maximum atomic E-state index is 15.6. The van der Waals surface area contributed by atoms with Crippen LogP contribution in [0.4, 0.5) is 13.2 Å². The zero-order valence-corrected chi connectivity index (χ0v) is 23.7. The molecule has 1 N–H and O–H groups in total. The van der Waals surface area contributed by atoms with Gasteiger partial charge < -0.3 is 10.1 Å². The van der Waals surface area contributed by atoms with E-state index in [0.717, 1.165) is 5.56 Å². The number of ether oxygens (including phenoxy) is 1. The van der Waals surface area contributed by atoms with Crippen LogP contribution in [0.25, 0.3) is 11.1 Å². The molecule has 1 aliphatic rings. The van der Waals surface area contributed by atoms with Crippen LogP contribution >= 0.6 is 11.8 Å². The van der Waals surface area contributed by atoms with E-state index in [1.54, 1.807) is 17.6 Å². The molecule has 4 nitrogen and oxygen atoms in total. The third-order valence-corrected chi connectivity index (χ3v) is 9.02. The molecular weight excluding hydrogens is 533 g/mol. The van der Waals surface area contributed by atoms with Crippen LogP contribution in [0, 0.1) is 24.4 Å². The van der Waals surface area contributed by atoms with E-state index in [9.17, 15) is 13.6 Å². The highest BCUT2D eigenvalue weighted by molar-refractivity contribution is 8.00. The summed E-state index contributed by atoms with van der Waals surface area (Å²) in [4.78, 5) is 14.3. The topological polar surface area (TPSA) is 43.3 Å².